The maximum atomic E-state index is 11.8. The minimum atomic E-state index is -0.719. The van der Waals surface area contributed by atoms with Crippen LogP contribution in [0.3, 0.4) is 0 Å². The van der Waals surface area contributed by atoms with Crippen LogP contribution in [0, 0.1) is 22.7 Å². The van der Waals surface area contributed by atoms with Gasteiger partial charge >= 0.3 is 5.97 Å². The van der Waals surface area contributed by atoms with Gasteiger partial charge in [0.2, 0.25) is 0 Å². The van der Waals surface area contributed by atoms with E-state index in [1.165, 1.54) is 5.56 Å². The van der Waals surface area contributed by atoms with Crippen LogP contribution in [0.1, 0.15) is 58.4 Å². The zero-order valence-corrected chi connectivity index (χ0v) is 14.5. The van der Waals surface area contributed by atoms with E-state index in [-0.39, 0.29) is 10.8 Å². The smallest absolute Gasteiger partial charge is 0.331 e. The van der Waals surface area contributed by atoms with Crippen LogP contribution in [0.25, 0.3) is 0 Å². The lowest BCUT2D eigenvalue weighted by atomic mass is 9.46. The Hall–Kier alpha value is -1.51. The fraction of sp³-hybridized carbons (Fsp3) is 0.650. The summed E-state index contributed by atoms with van der Waals surface area (Å²) < 4.78 is 5.20. The Kier molecular flexibility index (Phi) is 4.16. The highest BCUT2D eigenvalue weighted by atomic mass is 16.4. The van der Waals surface area contributed by atoms with Crippen LogP contribution >= 0.6 is 0 Å². The molecule has 1 fully saturated rings. The number of furan rings is 1. The average molecular weight is 316 g/mol. The molecule has 23 heavy (non-hydrogen) atoms. The third kappa shape index (κ3) is 2.64. The standard InChI is InChI=1S/C20H28O3/c1-14-7-10-20(3)16(18(21)22)5-4-6-17(20)19(14,2)11-8-15-9-12-23-13-15/h5,9,12-14,17H,4,6-8,10-11H2,1-3H3,(H,21,22)/t14-,17+,19-,20-/m0/s1. The molecule has 1 saturated carbocycles. The molecule has 3 nitrogen and oxygen atoms in total. The van der Waals surface area contributed by atoms with E-state index in [9.17, 15) is 9.90 Å². The predicted molar refractivity (Wildman–Crippen MR) is 90.1 cm³/mol. The fourth-order valence-electron chi connectivity index (χ4n) is 5.29. The first-order valence-corrected chi connectivity index (χ1v) is 8.83. The molecule has 3 heteroatoms. The van der Waals surface area contributed by atoms with Gasteiger partial charge in [0.1, 0.15) is 0 Å². The van der Waals surface area contributed by atoms with E-state index in [0.29, 0.717) is 17.4 Å². The minimum absolute atomic E-state index is 0.179. The Labute approximate surface area is 138 Å². The molecule has 2 aliphatic carbocycles. The van der Waals surface area contributed by atoms with E-state index in [2.05, 4.69) is 20.8 Å². The van der Waals surface area contributed by atoms with E-state index in [1.807, 2.05) is 18.4 Å². The van der Waals surface area contributed by atoms with Crippen molar-refractivity contribution in [2.75, 3.05) is 0 Å². The van der Waals surface area contributed by atoms with Crippen molar-refractivity contribution in [3.63, 3.8) is 0 Å². The molecular weight excluding hydrogens is 288 g/mol. The van der Waals surface area contributed by atoms with Gasteiger partial charge in [-0.3, -0.25) is 0 Å². The summed E-state index contributed by atoms with van der Waals surface area (Å²) in [4.78, 5) is 11.8. The number of hydrogen-bond donors (Lipinski definition) is 1. The Morgan fingerprint density at radius 1 is 1.39 bits per heavy atom. The second-order valence-electron chi connectivity index (χ2n) is 8.05. The quantitative estimate of drug-likeness (QED) is 0.843. The van der Waals surface area contributed by atoms with Crippen LogP contribution in [0.4, 0.5) is 0 Å². The van der Waals surface area contributed by atoms with E-state index >= 15 is 0 Å². The molecule has 0 spiro atoms. The van der Waals surface area contributed by atoms with Crippen molar-refractivity contribution >= 4 is 5.97 Å². The van der Waals surface area contributed by atoms with Crippen LogP contribution in [-0.2, 0) is 11.2 Å². The lowest BCUT2D eigenvalue weighted by molar-refractivity contribution is -0.137. The number of carboxylic acids is 1. The molecule has 1 heterocycles. The number of aryl methyl sites for hydroxylation is 1. The van der Waals surface area contributed by atoms with Crippen molar-refractivity contribution < 1.29 is 14.3 Å². The molecule has 0 radical (unpaired) electrons. The number of hydrogen-bond acceptors (Lipinski definition) is 2. The highest BCUT2D eigenvalue weighted by Crippen LogP contribution is 2.61. The first kappa shape index (κ1) is 16.4. The van der Waals surface area contributed by atoms with Gasteiger partial charge < -0.3 is 9.52 Å². The molecule has 0 bridgehead atoms. The summed E-state index contributed by atoms with van der Waals surface area (Å²) >= 11 is 0. The third-order valence-electron chi connectivity index (χ3n) is 6.97. The van der Waals surface area contributed by atoms with Crippen LogP contribution in [-0.4, -0.2) is 11.1 Å². The van der Waals surface area contributed by atoms with Gasteiger partial charge in [0.15, 0.2) is 0 Å². The summed E-state index contributed by atoms with van der Waals surface area (Å²) in [5, 5.41) is 9.68. The van der Waals surface area contributed by atoms with E-state index in [1.54, 1.807) is 6.26 Å². The molecular formula is C20H28O3. The summed E-state index contributed by atoms with van der Waals surface area (Å²) in [7, 11) is 0. The molecule has 126 valence electrons. The van der Waals surface area contributed by atoms with Crippen LogP contribution in [0.15, 0.2) is 34.7 Å². The third-order valence-corrected chi connectivity index (χ3v) is 6.97. The molecule has 1 aromatic rings. The SMILES string of the molecule is C[C@H]1CC[C@@]2(C)C(C(=O)O)=CCC[C@@H]2[C@@]1(C)CCc1ccoc1. The Bertz CT molecular complexity index is 600. The number of carboxylic acid groups (broad SMARTS) is 1. The van der Waals surface area contributed by atoms with Crippen molar-refractivity contribution in [3.05, 3.63) is 35.8 Å². The largest absolute Gasteiger partial charge is 0.478 e. The Morgan fingerprint density at radius 3 is 2.83 bits per heavy atom. The van der Waals surface area contributed by atoms with Gasteiger partial charge in [-0.2, -0.15) is 0 Å². The first-order chi connectivity index (χ1) is 10.9. The van der Waals surface area contributed by atoms with E-state index in [0.717, 1.165) is 38.5 Å². The molecule has 0 saturated heterocycles. The van der Waals surface area contributed by atoms with Gasteiger partial charge in [-0.05, 0) is 67.4 Å². The van der Waals surface area contributed by atoms with Crippen LogP contribution in [0.2, 0.25) is 0 Å². The summed E-state index contributed by atoms with van der Waals surface area (Å²) in [6, 6.07) is 2.04. The van der Waals surface area contributed by atoms with Gasteiger partial charge in [-0.15, -0.1) is 0 Å². The molecule has 2 aliphatic rings. The second kappa shape index (κ2) is 5.85. The Balaban J connectivity index is 1.89. The average Bonchev–Trinajstić information content (AvgIpc) is 3.02. The Morgan fingerprint density at radius 2 is 2.17 bits per heavy atom. The molecule has 0 aliphatic heterocycles. The van der Waals surface area contributed by atoms with Crippen molar-refractivity contribution in [1.82, 2.24) is 0 Å². The van der Waals surface area contributed by atoms with Crippen molar-refractivity contribution in [2.45, 2.75) is 59.3 Å². The topological polar surface area (TPSA) is 50.4 Å². The van der Waals surface area contributed by atoms with Crippen LogP contribution < -0.4 is 0 Å². The van der Waals surface area contributed by atoms with Gasteiger partial charge in [0.05, 0.1) is 12.5 Å². The summed E-state index contributed by atoms with van der Waals surface area (Å²) in [6.07, 6.45) is 11.8. The number of aliphatic carboxylic acids is 1. The lowest BCUT2D eigenvalue weighted by Gasteiger charge is -2.57. The maximum Gasteiger partial charge on any atom is 0.331 e. The van der Waals surface area contributed by atoms with Gasteiger partial charge in [0.25, 0.3) is 0 Å². The summed E-state index contributed by atoms with van der Waals surface area (Å²) in [5.41, 5.74) is 1.91. The number of allylic oxidation sites excluding steroid dienone is 1. The zero-order chi connectivity index (χ0) is 16.7. The monoisotopic (exact) mass is 316 g/mol. The van der Waals surface area contributed by atoms with Crippen LogP contribution in [0.5, 0.6) is 0 Å². The second-order valence-corrected chi connectivity index (χ2v) is 8.05. The first-order valence-electron chi connectivity index (χ1n) is 8.83. The normalized spacial score (nSPS) is 37.1. The number of rotatable bonds is 4. The number of carbonyl (C=O) groups is 1. The highest BCUT2D eigenvalue weighted by molar-refractivity contribution is 5.88. The summed E-state index contributed by atoms with van der Waals surface area (Å²) in [5.74, 6) is 0.353. The predicted octanol–water partition coefficient (Wildman–Crippen LogP) is 5.08. The van der Waals surface area contributed by atoms with Crippen molar-refractivity contribution in [3.8, 4) is 0 Å². The zero-order valence-electron chi connectivity index (χ0n) is 14.5. The van der Waals surface area contributed by atoms with Crippen molar-refractivity contribution in [1.29, 1.82) is 0 Å². The molecule has 0 unspecified atom stereocenters. The summed E-state index contributed by atoms with van der Waals surface area (Å²) in [6.45, 7) is 6.94. The maximum absolute atomic E-state index is 11.8. The number of fused-ring (bicyclic) bond motifs is 1. The van der Waals surface area contributed by atoms with E-state index < -0.39 is 5.97 Å². The highest BCUT2D eigenvalue weighted by Gasteiger charge is 2.55. The van der Waals surface area contributed by atoms with Gasteiger partial charge in [0, 0.05) is 11.0 Å². The minimum Gasteiger partial charge on any atom is -0.478 e. The molecule has 0 amide bonds. The van der Waals surface area contributed by atoms with Gasteiger partial charge in [-0.1, -0.05) is 26.8 Å². The molecule has 1 aromatic heterocycles. The fourth-order valence-corrected chi connectivity index (χ4v) is 5.29. The molecule has 3 rings (SSSR count). The molecule has 0 aromatic carbocycles. The van der Waals surface area contributed by atoms with Gasteiger partial charge in [-0.25, -0.2) is 4.79 Å². The van der Waals surface area contributed by atoms with Crippen molar-refractivity contribution in [2.24, 2.45) is 22.7 Å². The lowest BCUT2D eigenvalue weighted by Crippen LogP contribution is -2.51. The van der Waals surface area contributed by atoms with E-state index in [4.69, 9.17) is 4.42 Å². The molecule has 1 N–H and O–H groups in total. The molecule has 4 atom stereocenters.